The number of nitro benzene ring substituents is 1. The molecule has 0 saturated carbocycles. The zero-order valence-corrected chi connectivity index (χ0v) is 8.52. The van der Waals surface area contributed by atoms with E-state index >= 15 is 0 Å². The Morgan fingerprint density at radius 2 is 1.93 bits per heavy atom. The van der Waals surface area contributed by atoms with E-state index in [9.17, 15) is 10.1 Å². The van der Waals surface area contributed by atoms with E-state index < -0.39 is 4.92 Å². The van der Waals surface area contributed by atoms with Gasteiger partial charge < -0.3 is 5.73 Å². The molecule has 1 aromatic carbocycles. The lowest BCUT2D eigenvalue weighted by Gasteiger charge is -2.23. The van der Waals surface area contributed by atoms with E-state index in [0.717, 1.165) is 5.69 Å². The number of nitro groups is 1. The Balaban J connectivity index is 3.27. The molecule has 5 nitrogen and oxygen atoms in total. The number of rotatable bonds is 2. The molecule has 0 aliphatic rings. The fourth-order valence-corrected chi connectivity index (χ4v) is 1.11. The SMILES string of the molecule is C[N+](C)(C)c1ccc(N)c([N+](=O)[O-])c1. The van der Waals surface area contributed by atoms with Crippen molar-refractivity contribution in [3.05, 3.63) is 28.3 Å². The number of anilines is 1. The summed E-state index contributed by atoms with van der Waals surface area (Å²) < 4.78 is 0.529. The smallest absolute Gasteiger partial charge is 0.298 e. The van der Waals surface area contributed by atoms with Gasteiger partial charge in [-0.05, 0) is 6.07 Å². The van der Waals surface area contributed by atoms with Gasteiger partial charge in [0.15, 0.2) is 0 Å². The molecular formula is C9H14N3O2+. The molecule has 1 aromatic rings. The van der Waals surface area contributed by atoms with E-state index in [1.54, 1.807) is 12.1 Å². The molecule has 14 heavy (non-hydrogen) atoms. The van der Waals surface area contributed by atoms with Crippen LogP contribution in [0.15, 0.2) is 18.2 Å². The second kappa shape index (κ2) is 3.26. The Morgan fingerprint density at radius 1 is 1.36 bits per heavy atom. The Hall–Kier alpha value is -1.62. The van der Waals surface area contributed by atoms with Gasteiger partial charge in [-0.25, -0.2) is 0 Å². The lowest BCUT2D eigenvalue weighted by Crippen LogP contribution is -2.34. The van der Waals surface area contributed by atoms with E-state index in [-0.39, 0.29) is 11.4 Å². The van der Waals surface area contributed by atoms with Gasteiger partial charge in [0, 0.05) is 6.07 Å². The number of hydrogen-bond donors (Lipinski definition) is 1. The van der Waals surface area contributed by atoms with Crippen LogP contribution < -0.4 is 10.2 Å². The number of hydrogen-bond acceptors (Lipinski definition) is 3. The van der Waals surface area contributed by atoms with Gasteiger partial charge in [-0.1, -0.05) is 0 Å². The largest absolute Gasteiger partial charge is 0.393 e. The lowest BCUT2D eigenvalue weighted by molar-refractivity contribution is -0.383. The zero-order chi connectivity index (χ0) is 10.9. The summed E-state index contributed by atoms with van der Waals surface area (Å²) in [6.07, 6.45) is 0. The average molecular weight is 196 g/mol. The molecule has 0 aliphatic carbocycles. The molecule has 0 unspecified atom stereocenters. The highest BCUT2D eigenvalue weighted by atomic mass is 16.6. The van der Waals surface area contributed by atoms with Crippen LogP contribution in [-0.2, 0) is 0 Å². The van der Waals surface area contributed by atoms with Crippen LogP contribution in [0.2, 0.25) is 0 Å². The first-order chi connectivity index (χ1) is 6.32. The molecule has 5 heteroatoms. The molecule has 0 bridgehead atoms. The second-order valence-electron chi connectivity index (χ2n) is 4.01. The van der Waals surface area contributed by atoms with Crippen molar-refractivity contribution in [3.8, 4) is 0 Å². The van der Waals surface area contributed by atoms with Crippen LogP contribution >= 0.6 is 0 Å². The summed E-state index contributed by atoms with van der Waals surface area (Å²) in [6.45, 7) is 0. The molecule has 0 saturated heterocycles. The maximum atomic E-state index is 10.6. The second-order valence-corrected chi connectivity index (χ2v) is 4.01. The average Bonchev–Trinajstić information content (AvgIpc) is 2.02. The summed E-state index contributed by atoms with van der Waals surface area (Å²) >= 11 is 0. The van der Waals surface area contributed by atoms with E-state index in [1.165, 1.54) is 6.07 Å². The number of nitrogens with two attached hydrogens (primary N) is 1. The van der Waals surface area contributed by atoms with Crippen LogP contribution in [0.4, 0.5) is 17.1 Å². The quantitative estimate of drug-likeness (QED) is 0.336. The summed E-state index contributed by atoms with van der Waals surface area (Å²) in [4.78, 5) is 10.2. The lowest BCUT2D eigenvalue weighted by atomic mass is 10.2. The Labute approximate surface area is 82.5 Å². The van der Waals surface area contributed by atoms with Crippen LogP contribution in [0.5, 0.6) is 0 Å². The van der Waals surface area contributed by atoms with Gasteiger partial charge in [0.25, 0.3) is 5.69 Å². The summed E-state index contributed by atoms with van der Waals surface area (Å²) in [6, 6.07) is 4.87. The monoisotopic (exact) mass is 196 g/mol. The Morgan fingerprint density at radius 3 is 2.36 bits per heavy atom. The minimum Gasteiger partial charge on any atom is -0.393 e. The van der Waals surface area contributed by atoms with Crippen molar-refractivity contribution in [2.24, 2.45) is 0 Å². The minimum absolute atomic E-state index is 0.0319. The zero-order valence-electron chi connectivity index (χ0n) is 8.52. The van der Waals surface area contributed by atoms with Gasteiger partial charge in [-0.2, -0.15) is 0 Å². The third kappa shape index (κ3) is 2.00. The van der Waals surface area contributed by atoms with Gasteiger partial charge in [0.1, 0.15) is 11.4 Å². The van der Waals surface area contributed by atoms with Crippen LogP contribution in [0.25, 0.3) is 0 Å². The molecule has 0 atom stereocenters. The van der Waals surface area contributed by atoms with Gasteiger partial charge in [-0.3, -0.25) is 14.6 Å². The standard InChI is InChI=1S/C9H14N3O2/c1-12(2,3)7-4-5-8(10)9(6-7)11(13)14/h4-6H,10H2,1-3H3/q+1. The third-order valence-corrected chi connectivity index (χ3v) is 1.99. The summed E-state index contributed by atoms with van der Waals surface area (Å²) in [5, 5.41) is 10.6. The summed E-state index contributed by atoms with van der Waals surface area (Å²) in [5.74, 6) is 0. The van der Waals surface area contributed by atoms with E-state index in [2.05, 4.69) is 0 Å². The number of nitrogen functional groups attached to an aromatic ring is 1. The van der Waals surface area contributed by atoms with Crippen molar-refractivity contribution >= 4 is 17.1 Å². The predicted molar refractivity (Wildman–Crippen MR) is 57.1 cm³/mol. The van der Waals surface area contributed by atoms with Crippen molar-refractivity contribution in [1.29, 1.82) is 0 Å². The fourth-order valence-electron chi connectivity index (χ4n) is 1.11. The maximum Gasteiger partial charge on any atom is 0.298 e. The van der Waals surface area contributed by atoms with Gasteiger partial charge in [0.2, 0.25) is 0 Å². The first-order valence-electron chi connectivity index (χ1n) is 4.18. The van der Waals surface area contributed by atoms with Crippen molar-refractivity contribution in [2.45, 2.75) is 0 Å². The number of nitrogens with zero attached hydrogens (tertiary/aromatic N) is 2. The number of benzene rings is 1. The molecule has 0 aromatic heterocycles. The van der Waals surface area contributed by atoms with Crippen molar-refractivity contribution in [1.82, 2.24) is 4.48 Å². The van der Waals surface area contributed by atoms with Gasteiger partial charge in [-0.15, -0.1) is 0 Å². The van der Waals surface area contributed by atoms with Crippen molar-refractivity contribution < 1.29 is 4.92 Å². The van der Waals surface area contributed by atoms with Crippen molar-refractivity contribution in [3.63, 3.8) is 0 Å². The molecule has 76 valence electrons. The molecule has 0 spiro atoms. The predicted octanol–water partition coefficient (Wildman–Crippen LogP) is 1.37. The molecule has 0 amide bonds. The highest BCUT2D eigenvalue weighted by Gasteiger charge is 2.19. The molecule has 0 fully saturated rings. The normalized spacial score (nSPS) is 11.4. The van der Waals surface area contributed by atoms with Crippen molar-refractivity contribution in [2.75, 3.05) is 26.9 Å². The first-order valence-corrected chi connectivity index (χ1v) is 4.18. The van der Waals surface area contributed by atoms with Gasteiger partial charge >= 0.3 is 0 Å². The van der Waals surface area contributed by atoms with Crippen LogP contribution in [0, 0.1) is 10.1 Å². The van der Waals surface area contributed by atoms with E-state index in [1.807, 2.05) is 21.1 Å². The molecule has 2 N–H and O–H groups in total. The summed E-state index contributed by atoms with van der Waals surface area (Å²) in [7, 11) is 5.82. The molecule has 1 rings (SSSR count). The Kier molecular flexibility index (Phi) is 2.44. The summed E-state index contributed by atoms with van der Waals surface area (Å²) in [5.41, 5.74) is 6.51. The Bertz CT molecular complexity index is 369. The molecular weight excluding hydrogens is 182 g/mol. The number of quaternary nitrogens is 1. The van der Waals surface area contributed by atoms with Crippen LogP contribution in [-0.4, -0.2) is 26.1 Å². The van der Waals surface area contributed by atoms with E-state index in [4.69, 9.17) is 5.73 Å². The first kappa shape index (κ1) is 10.5. The third-order valence-electron chi connectivity index (χ3n) is 1.99. The fraction of sp³-hybridized carbons (Fsp3) is 0.333. The highest BCUT2D eigenvalue weighted by Crippen LogP contribution is 2.28. The molecule has 0 radical (unpaired) electrons. The highest BCUT2D eigenvalue weighted by molar-refractivity contribution is 5.64. The van der Waals surface area contributed by atoms with Crippen LogP contribution in [0.1, 0.15) is 0 Å². The minimum atomic E-state index is -0.464. The van der Waals surface area contributed by atoms with Crippen LogP contribution in [0.3, 0.4) is 0 Å². The topological polar surface area (TPSA) is 69.2 Å². The van der Waals surface area contributed by atoms with Gasteiger partial charge in [0.05, 0.1) is 32.1 Å². The molecule has 0 aliphatic heterocycles. The van der Waals surface area contributed by atoms with E-state index in [0.29, 0.717) is 4.48 Å². The molecule has 0 heterocycles. The maximum absolute atomic E-state index is 10.6.